The van der Waals surface area contributed by atoms with Crippen LogP contribution in [0.2, 0.25) is 0 Å². The number of hydrogen-bond donors (Lipinski definition) is 0. The Kier molecular flexibility index (Phi) is 4.26. The van der Waals surface area contributed by atoms with Gasteiger partial charge in [0.05, 0.1) is 16.6 Å². The van der Waals surface area contributed by atoms with Crippen molar-refractivity contribution in [3.63, 3.8) is 0 Å². The lowest BCUT2D eigenvalue weighted by atomic mass is 10.0. The van der Waals surface area contributed by atoms with Gasteiger partial charge >= 0.3 is 0 Å². The molecule has 2 aliphatic rings. The standard InChI is InChI=1S/C20H27N3O2/c1-12(2)18-17-15(20(24)23-9-4-5-13(3)8-10-23)11-16(14-6-7-14)21-19(17)25-22-18/h11-14H,4-10H2,1-3H3. The zero-order valence-electron chi connectivity index (χ0n) is 15.4. The fourth-order valence-corrected chi connectivity index (χ4v) is 3.78. The number of nitrogens with zero attached hydrogens (tertiary/aromatic N) is 3. The molecule has 4 rings (SSSR count). The van der Waals surface area contributed by atoms with E-state index in [2.05, 4.69) is 30.9 Å². The Morgan fingerprint density at radius 1 is 1.24 bits per heavy atom. The SMILES string of the molecule is CC1CCCN(C(=O)c2cc(C3CC3)nc3onc(C(C)C)c23)CC1. The number of amides is 1. The van der Waals surface area contributed by atoms with Crippen molar-refractivity contribution in [1.82, 2.24) is 15.0 Å². The maximum Gasteiger partial charge on any atom is 0.259 e. The summed E-state index contributed by atoms with van der Waals surface area (Å²) in [4.78, 5) is 20.0. The molecule has 1 amide bonds. The van der Waals surface area contributed by atoms with Crippen LogP contribution in [0.15, 0.2) is 10.6 Å². The summed E-state index contributed by atoms with van der Waals surface area (Å²) in [5, 5.41) is 5.05. The van der Waals surface area contributed by atoms with Gasteiger partial charge < -0.3 is 9.42 Å². The highest BCUT2D eigenvalue weighted by Gasteiger charge is 2.31. The summed E-state index contributed by atoms with van der Waals surface area (Å²) in [6.07, 6.45) is 5.66. The second-order valence-corrected chi connectivity index (χ2v) is 8.10. The van der Waals surface area contributed by atoms with Crippen LogP contribution in [-0.4, -0.2) is 34.0 Å². The van der Waals surface area contributed by atoms with Crippen molar-refractivity contribution < 1.29 is 9.32 Å². The smallest absolute Gasteiger partial charge is 0.259 e. The van der Waals surface area contributed by atoms with E-state index in [1.807, 2.05) is 11.0 Å². The van der Waals surface area contributed by atoms with Gasteiger partial charge in [0.25, 0.3) is 11.6 Å². The van der Waals surface area contributed by atoms with Gasteiger partial charge in [0.15, 0.2) is 0 Å². The van der Waals surface area contributed by atoms with Crippen LogP contribution in [0.5, 0.6) is 0 Å². The van der Waals surface area contributed by atoms with Gasteiger partial charge in [0.1, 0.15) is 0 Å². The molecule has 1 atom stereocenters. The fourth-order valence-electron chi connectivity index (χ4n) is 3.78. The molecule has 2 fully saturated rings. The van der Waals surface area contributed by atoms with Crippen molar-refractivity contribution in [2.75, 3.05) is 13.1 Å². The van der Waals surface area contributed by atoms with E-state index >= 15 is 0 Å². The minimum atomic E-state index is 0.119. The molecule has 0 spiro atoms. The maximum atomic E-state index is 13.4. The predicted molar refractivity (Wildman–Crippen MR) is 96.8 cm³/mol. The molecule has 2 aromatic rings. The zero-order chi connectivity index (χ0) is 17.6. The maximum absolute atomic E-state index is 13.4. The van der Waals surface area contributed by atoms with Crippen molar-refractivity contribution in [2.24, 2.45) is 5.92 Å². The third-order valence-corrected chi connectivity index (χ3v) is 5.57. The average molecular weight is 341 g/mol. The van der Waals surface area contributed by atoms with Crippen LogP contribution in [0, 0.1) is 5.92 Å². The first-order valence-electron chi connectivity index (χ1n) is 9.64. The van der Waals surface area contributed by atoms with Crippen molar-refractivity contribution >= 4 is 17.0 Å². The first-order valence-corrected chi connectivity index (χ1v) is 9.64. The summed E-state index contributed by atoms with van der Waals surface area (Å²) < 4.78 is 5.52. The molecule has 1 aliphatic heterocycles. The number of fused-ring (bicyclic) bond motifs is 1. The van der Waals surface area contributed by atoms with Crippen molar-refractivity contribution in [3.05, 3.63) is 23.0 Å². The number of carbonyl (C=O) groups excluding carboxylic acids is 1. The van der Waals surface area contributed by atoms with E-state index in [9.17, 15) is 4.79 Å². The number of rotatable bonds is 3. The summed E-state index contributed by atoms with van der Waals surface area (Å²) in [5.74, 6) is 1.49. The van der Waals surface area contributed by atoms with Gasteiger partial charge in [0.2, 0.25) is 0 Å². The summed E-state index contributed by atoms with van der Waals surface area (Å²) in [5.41, 5.74) is 3.10. The molecule has 134 valence electrons. The average Bonchev–Trinajstić information content (AvgIpc) is 3.37. The number of pyridine rings is 1. The number of carbonyl (C=O) groups is 1. The molecule has 1 saturated carbocycles. The van der Waals surface area contributed by atoms with E-state index in [1.165, 1.54) is 6.42 Å². The number of hydrogen-bond acceptors (Lipinski definition) is 4. The highest BCUT2D eigenvalue weighted by molar-refractivity contribution is 6.06. The van der Waals surface area contributed by atoms with Crippen LogP contribution >= 0.6 is 0 Å². The Morgan fingerprint density at radius 2 is 2.04 bits per heavy atom. The molecule has 3 heterocycles. The minimum absolute atomic E-state index is 0.119. The summed E-state index contributed by atoms with van der Waals surface area (Å²) in [6, 6.07) is 2.01. The van der Waals surface area contributed by atoms with Gasteiger partial charge in [0, 0.05) is 24.7 Å². The lowest BCUT2D eigenvalue weighted by Gasteiger charge is -2.21. The van der Waals surface area contributed by atoms with E-state index in [0.717, 1.165) is 61.1 Å². The Balaban J connectivity index is 1.77. The van der Waals surface area contributed by atoms with E-state index in [0.29, 0.717) is 17.5 Å². The molecule has 0 aromatic carbocycles. The molecule has 0 bridgehead atoms. The normalized spacial score (nSPS) is 21.8. The van der Waals surface area contributed by atoms with Crippen molar-refractivity contribution in [1.29, 1.82) is 0 Å². The van der Waals surface area contributed by atoms with E-state index < -0.39 is 0 Å². The van der Waals surface area contributed by atoms with Crippen LogP contribution in [0.3, 0.4) is 0 Å². The molecular formula is C20H27N3O2. The highest BCUT2D eigenvalue weighted by atomic mass is 16.5. The molecule has 1 saturated heterocycles. The van der Waals surface area contributed by atoms with Crippen molar-refractivity contribution in [3.8, 4) is 0 Å². The van der Waals surface area contributed by atoms with Crippen LogP contribution in [0.4, 0.5) is 0 Å². The molecule has 5 heteroatoms. The topological polar surface area (TPSA) is 59.2 Å². The third kappa shape index (κ3) is 3.16. The van der Waals surface area contributed by atoms with Crippen molar-refractivity contribution in [2.45, 2.75) is 64.7 Å². The lowest BCUT2D eigenvalue weighted by molar-refractivity contribution is 0.0762. The summed E-state index contributed by atoms with van der Waals surface area (Å²) >= 11 is 0. The third-order valence-electron chi connectivity index (χ3n) is 5.57. The quantitative estimate of drug-likeness (QED) is 0.825. The van der Waals surface area contributed by atoms with Crippen LogP contribution in [-0.2, 0) is 0 Å². The Hall–Kier alpha value is -1.91. The molecule has 1 aliphatic carbocycles. The van der Waals surface area contributed by atoms with Crippen LogP contribution in [0.25, 0.3) is 11.1 Å². The molecule has 5 nitrogen and oxygen atoms in total. The number of likely N-dealkylation sites (tertiary alicyclic amines) is 1. The highest BCUT2D eigenvalue weighted by Crippen LogP contribution is 2.41. The fraction of sp³-hybridized carbons (Fsp3) is 0.650. The van der Waals surface area contributed by atoms with Gasteiger partial charge in [-0.3, -0.25) is 4.79 Å². The Morgan fingerprint density at radius 3 is 2.76 bits per heavy atom. The van der Waals surface area contributed by atoms with Gasteiger partial charge in [-0.2, -0.15) is 0 Å². The molecule has 0 N–H and O–H groups in total. The lowest BCUT2D eigenvalue weighted by Crippen LogP contribution is -2.32. The van der Waals surface area contributed by atoms with Gasteiger partial charge in [-0.05, 0) is 50.0 Å². The first-order chi connectivity index (χ1) is 12.0. The van der Waals surface area contributed by atoms with E-state index in [-0.39, 0.29) is 11.8 Å². The number of aromatic nitrogens is 2. The molecule has 0 radical (unpaired) electrons. The van der Waals surface area contributed by atoms with Gasteiger partial charge in [-0.15, -0.1) is 0 Å². The largest absolute Gasteiger partial charge is 0.339 e. The minimum Gasteiger partial charge on any atom is -0.339 e. The molecule has 1 unspecified atom stereocenters. The second kappa shape index (κ2) is 6.43. The summed E-state index contributed by atoms with van der Waals surface area (Å²) in [7, 11) is 0. The molecule has 25 heavy (non-hydrogen) atoms. The molecule has 2 aromatic heterocycles. The van der Waals surface area contributed by atoms with Gasteiger partial charge in [-0.1, -0.05) is 25.9 Å². The second-order valence-electron chi connectivity index (χ2n) is 8.10. The predicted octanol–water partition coefficient (Wildman–Crippen LogP) is 4.49. The monoisotopic (exact) mass is 341 g/mol. The van der Waals surface area contributed by atoms with Crippen LogP contribution in [0.1, 0.15) is 86.5 Å². The van der Waals surface area contributed by atoms with E-state index in [4.69, 9.17) is 4.52 Å². The summed E-state index contributed by atoms with van der Waals surface area (Å²) in [6.45, 7) is 8.11. The van der Waals surface area contributed by atoms with E-state index in [1.54, 1.807) is 0 Å². The first kappa shape index (κ1) is 16.6. The Bertz CT molecular complexity index is 792. The van der Waals surface area contributed by atoms with Crippen LogP contribution < -0.4 is 0 Å². The zero-order valence-corrected chi connectivity index (χ0v) is 15.4. The van der Waals surface area contributed by atoms with Gasteiger partial charge in [-0.25, -0.2) is 4.98 Å². The molecular weight excluding hydrogens is 314 g/mol. The Labute approximate surface area is 148 Å².